The number of anilines is 1. The molecule has 1 N–H and O–H groups in total. The van der Waals surface area contributed by atoms with E-state index >= 15 is 0 Å². The van der Waals surface area contributed by atoms with E-state index in [1.54, 1.807) is 19.2 Å². The Balaban J connectivity index is 2.02. The maximum Gasteiger partial charge on any atom is 0.123 e. The lowest BCUT2D eigenvalue weighted by atomic mass is 10.1. The van der Waals surface area contributed by atoms with Crippen molar-refractivity contribution in [1.29, 1.82) is 0 Å². The van der Waals surface area contributed by atoms with Crippen LogP contribution in [0.5, 0.6) is 5.75 Å². The first-order valence-corrected chi connectivity index (χ1v) is 6.74. The molecule has 1 unspecified atom stereocenters. The van der Waals surface area contributed by atoms with Crippen molar-refractivity contribution in [3.8, 4) is 5.75 Å². The van der Waals surface area contributed by atoms with E-state index in [1.165, 1.54) is 6.07 Å². The SMILES string of the molecule is COc1ccc(NC(C)Cc2cccc(F)c2)c(C)c1. The highest BCUT2D eigenvalue weighted by Gasteiger charge is 2.07. The van der Waals surface area contributed by atoms with Crippen LogP contribution in [0.4, 0.5) is 10.1 Å². The van der Waals surface area contributed by atoms with Gasteiger partial charge >= 0.3 is 0 Å². The van der Waals surface area contributed by atoms with Crippen molar-refractivity contribution in [3.05, 3.63) is 59.4 Å². The van der Waals surface area contributed by atoms with Crippen LogP contribution in [-0.4, -0.2) is 13.2 Å². The van der Waals surface area contributed by atoms with Crippen molar-refractivity contribution in [2.75, 3.05) is 12.4 Å². The summed E-state index contributed by atoms with van der Waals surface area (Å²) in [6.07, 6.45) is 0.781. The number of benzene rings is 2. The second kappa shape index (κ2) is 6.42. The van der Waals surface area contributed by atoms with Gasteiger partial charge in [0.05, 0.1) is 7.11 Å². The molecule has 1 atom stereocenters. The summed E-state index contributed by atoms with van der Waals surface area (Å²) in [5, 5.41) is 3.45. The first-order valence-electron chi connectivity index (χ1n) is 6.74. The van der Waals surface area contributed by atoms with Crippen LogP contribution in [-0.2, 0) is 6.42 Å². The zero-order chi connectivity index (χ0) is 14.5. The molecule has 3 heteroatoms. The highest BCUT2D eigenvalue weighted by molar-refractivity contribution is 5.54. The molecule has 2 aromatic carbocycles. The molecular formula is C17H20FNO. The summed E-state index contributed by atoms with van der Waals surface area (Å²) in [5.41, 5.74) is 3.21. The number of rotatable bonds is 5. The highest BCUT2D eigenvalue weighted by Crippen LogP contribution is 2.22. The van der Waals surface area contributed by atoms with Gasteiger partial charge in [0.1, 0.15) is 11.6 Å². The molecule has 0 aliphatic rings. The molecule has 0 heterocycles. The normalized spacial score (nSPS) is 12.0. The minimum absolute atomic E-state index is 0.185. The van der Waals surface area contributed by atoms with Gasteiger partial charge in [-0.1, -0.05) is 12.1 Å². The third-order valence-corrected chi connectivity index (χ3v) is 3.27. The van der Waals surface area contributed by atoms with Crippen LogP contribution in [0.3, 0.4) is 0 Å². The Morgan fingerprint density at radius 1 is 1.20 bits per heavy atom. The van der Waals surface area contributed by atoms with E-state index in [0.29, 0.717) is 0 Å². The predicted molar refractivity (Wildman–Crippen MR) is 80.9 cm³/mol. The van der Waals surface area contributed by atoms with E-state index < -0.39 is 0 Å². The summed E-state index contributed by atoms with van der Waals surface area (Å²) < 4.78 is 18.4. The third-order valence-electron chi connectivity index (χ3n) is 3.27. The zero-order valence-electron chi connectivity index (χ0n) is 12.1. The molecule has 0 aromatic heterocycles. The van der Waals surface area contributed by atoms with Gasteiger partial charge in [-0.05, 0) is 61.7 Å². The zero-order valence-corrected chi connectivity index (χ0v) is 12.1. The second-order valence-corrected chi connectivity index (χ2v) is 5.06. The largest absolute Gasteiger partial charge is 0.497 e. The summed E-state index contributed by atoms with van der Waals surface area (Å²) in [6, 6.07) is 12.9. The summed E-state index contributed by atoms with van der Waals surface area (Å²) in [5.74, 6) is 0.668. The summed E-state index contributed by atoms with van der Waals surface area (Å²) in [7, 11) is 1.66. The first kappa shape index (κ1) is 14.4. The molecule has 0 saturated heterocycles. The molecule has 20 heavy (non-hydrogen) atoms. The topological polar surface area (TPSA) is 21.3 Å². The van der Waals surface area contributed by atoms with Crippen LogP contribution in [0.1, 0.15) is 18.1 Å². The molecule has 0 bridgehead atoms. The summed E-state index contributed by atoms with van der Waals surface area (Å²) in [6.45, 7) is 4.13. The number of nitrogens with one attached hydrogen (secondary N) is 1. The molecule has 0 amide bonds. The number of ether oxygens (including phenoxy) is 1. The van der Waals surface area contributed by atoms with E-state index in [1.807, 2.05) is 31.2 Å². The molecule has 0 aliphatic heterocycles. The Hall–Kier alpha value is -2.03. The van der Waals surface area contributed by atoms with Crippen molar-refractivity contribution in [2.24, 2.45) is 0 Å². The van der Waals surface area contributed by atoms with Crippen molar-refractivity contribution in [1.82, 2.24) is 0 Å². The van der Waals surface area contributed by atoms with Crippen LogP contribution >= 0.6 is 0 Å². The summed E-state index contributed by atoms with van der Waals surface area (Å²) >= 11 is 0. The average molecular weight is 273 g/mol. The van der Waals surface area contributed by atoms with Gasteiger partial charge < -0.3 is 10.1 Å². The van der Waals surface area contributed by atoms with Crippen molar-refractivity contribution in [3.63, 3.8) is 0 Å². The molecule has 0 saturated carbocycles. The van der Waals surface area contributed by atoms with Crippen molar-refractivity contribution >= 4 is 5.69 Å². The van der Waals surface area contributed by atoms with Gasteiger partial charge in [-0.15, -0.1) is 0 Å². The molecule has 0 fully saturated rings. The number of hydrogen-bond acceptors (Lipinski definition) is 2. The number of methoxy groups -OCH3 is 1. The molecule has 2 rings (SSSR count). The second-order valence-electron chi connectivity index (χ2n) is 5.06. The van der Waals surface area contributed by atoms with Gasteiger partial charge in [0.15, 0.2) is 0 Å². The van der Waals surface area contributed by atoms with Crippen molar-refractivity contribution in [2.45, 2.75) is 26.3 Å². The Kier molecular flexibility index (Phi) is 4.61. The lowest BCUT2D eigenvalue weighted by Gasteiger charge is -2.17. The van der Waals surface area contributed by atoms with Gasteiger partial charge in [-0.3, -0.25) is 0 Å². The van der Waals surface area contributed by atoms with Crippen LogP contribution in [0.2, 0.25) is 0 Å². The van der Waals surface area contributed by atoms with E-state index in [0.717, 1.165) is 29.0 Å². The molecular weight excluding hydrogens is 253 g/mol. The smallest absolute Gasteiger partial charge is 0.123 e. The maximum absolute atomic E-state index is 13.2. The monoisotopic (exact) mass is 273 g/mol. The van der Waals surface area contributed by atoms with Gasteiger partial charge in [0.25, 0.3) is 0 Å². The van der Waals surface area contributed by atoms with Gasteiger partial charge in [-0.2, -0.15) is 0 Å². The van der Waals surface area contributed by atoms with E-state index in [9.17, 15) is 4.39 Å². The van der Waals surface area contributed by atoms with E-state index in [2.05, 4.69) is 12.2 Å². The number of halogens is 1. The molecule has 0 spiro atoms. The maximum atomic E-state index is 13.2. The Morgan fingerprint density at radius 2 is 2.00 bits per heavy atom. The highest BCUT2D eigenvalue weighted by atomic mass is 19.1. The fourth-order valence-corrected chi connectivity index (χ4v) is 2.26. The predicted octanol–water partition coefficient (Wildman–Crippen LogP) is 4.19. The summed E-state index contributed by atoms with van der Waals surface area (Å²) in [4.78, 5) is 0. The van der Waals surface area contributed by atoms with Gasteiger partial charge in [0, 0.05) is 11.7 Å². The fourth-order valence-electron chi connectivity index (χ4n) is 2.26. The van der Waals surface area contributed by atoms with E-state index in [-0.39, 0.29) is 11.9 Å². The lowest BCUT2D eigenvalue weighted by molar-refractivity contribution is 0.414. The molecule has 2 aromatic rings. The molecule has 106 valence electrons. The first-order chi connectivity index (χ1) is 9.58. The van der Waals surface area contributed by atoms with Crippen molar-refractivity contribution < 1.29 is 9.13 Å². The third kappa shape index (κ3) is 3.73. The van der Waals surface area contributed by atoms with Crippen LogP contribution in [0.25, 0.3) is 0 Å². The Morgan fingerprint density at radius 3 is 2.65 bits per heavy atom. The quantitative estimate of drug-likeness (QED) is 0.882. The number of hydrogen-bond donors (Lipinski definition) is 1. The minimum atomic E-state index is -0.185. The van der Waals surface area contributed by atoms with Gasteiger partial charge in [0.2, 0.25) is 0 Å². The van der Waals surface area contributed by atoms with Crippen LogP contribution in [0, 0.1) is 12.7 Å². The molecule has 2 nitrogen and oxygen atoms in total. The Labute approximate surface area is 119 Å². The average Bonchev–Trinajstić information content (AvgIpc) is 2.41. The molecule has 0 aliphatic carbocycles. The fraction of sp³-hybridized carbons (Fsp3) is 0.294. The van der Waals surface area contributed by atoms with E-state index in [4.69, 9.17) is 4.74 Å². The molecule has 0 radical (unpaired) electrons. The van der Waals surface area contributed by atoms with Crippen LogP contribution < -0.4 is 10.1 Å². The lowest BCUT2D eigenvalue weighted by Crippen LogP contribution is -2.18. The Bertz CT molecular complexity index is 583. The number of aryl methyl sites for hydroxylation is 1. The van der Waals surface area contributed by atoms with Gasteiger partial charge in [-0.25, -0.2) is 4.39 Å². The van der Waals surface area contributed by atoms with Crippen LogP contribution in [0.15, 0.2) is 42.5 Å². The minimum Gasteiger partial charge on any atom is -0.497 e. The standard InChI is InChI=1S/C17H20FNO/c1-12-9-16(20-3)7-8-17(12)19-13(2)10-14-5-4-6-15(18)11-14/h4-9,11,13,19H,10H2,1-3H3.